The number of hydrogen-bond acceptors (Lipinski definition) is 11. The van der Waals surface area contributed by atoms with E-state index in [1.165, 1.54) is 76.2 Å². The number of para-hydroxylation sites is 1. The number of nitrogens with one attached hydrogen (secondary N) is 1. The second-order valence-electron chi connectivity index (χ2n) is 15.4. The highest BCUT2D eigenvalue weighted by atomic mass is 32.2. The van der Waals surface area contributed by atoms with Gasteiger partial charge in [0.25, 0.3) is 5.91 Å². The van der Waals surface area contributed by atoms with Crippen LogP contribution in [0.4, 0.5) is 8.78 Å². The van der Waals surface area contributed by atoms with E-state index in [9.17, 15) is 23.7 Å². The molecule has 1 unspecified atom stereocenters. The molecule has 0 aliphatic carbocycles. The predicted molar refractivity (Wildman–Crippen MR) is 242 cm³/mol. The van der Waals surface area contributed by atoms with Crippen molar-refractivity contribution in [2.24, 2.45) is 11.8 Å². The number of rotatable bonds is 18. The van der Waals surface area contributed by atoms with E-state index in [-0.39, 0.29) is 35.0 Å². The van der Waals surface area contributed by atoms with Crippen molar-refractivity contribution in [3.8, 4) is 5.75 Å². The van der Waals surface area contributed by atoms with Crippen LogP contribution in [-0.4, -0.2) is 95.7 Å². The minimum absolute atomic E-state index is 0.0300. The summed E-state index contributed by atoms with van der Waals surface area (Å²) in [4.78, 5) is 52.3. The summed E-state index contributed by atoms with van der Waals surface area (Å²) in [6, 6.07) is 13.3. The zero-order valence-electron chi connectivity index (χ0n) is 36.2. The molecule has 0 radical (unpaired) electrons. The number of thiophene rings is 1. The number of alkyl halides is 2. The Bertz CT molecular complexity index is 1960. The first-order valence-electron chi connectivity index (χ1n) is 20.7. The van der Waals surface area contributed by atoms with Crippen molar-refractivity contribution < 1.29 is 41.6 Å². The van der Waals surface area contributed by atoms with Gasteiger partial charge < -0.3 is 29.0 Å². The van der Waals surface area contributed by atoms with Crippen LogP contribution in [0.2, 0.25) is 0 Å². The van der Waals surface area contributed by atoms with Crippen molar-refractivity contribution in [3.63, 3.8) is 0 Å². The second kappa shape index (κ2) is 26.5. The fourth-order valence-corrected chi connectivity index (χ4v) is 9.46. The van der Waals surface area contributed by atoms with Gasteiger partial charge in [-0.1, -0.05) is 76.6 Å². The number of benzene rings is 2. The first-order valence-corrected chi connectivity index (χ1v) is 24.1. The maximum atomic E-state index is 15.7. The maximum Gasteiger partial charge on any atom is 0.453 e. The summed E-state index contributed by atoms with van der Waals surface area (Å²) in [7, 11) is -1.43. The van der Waals surface area contributed by atoms with Gasteiger partial charge in [0.1, 0.15) is 12.0 Å². The summed E-state index contributed by atoms with van der Waals surface area (Å²) in [6.45, 7) is 12.1. The SMILES string of the molecule is CC[C@H](C)CCCC=O.CN1CCCC1.CNC(=O)c1cc2cc(C(F)(F)P(=O)(OCCSC(=O)CC(C)C)Oc3ccccc3)ccc2s1.O=CN1CC(n2ccnc2)C1. The second-order valence-corrected chi connectivity index (χ2v) is 19.6. The summed E-state index contributed by atoms with van der Waals surface area (Å²) in [5.41, 5.74) is -4.56. The van der Waals surface area contributed by atoms with Crippen molar-refractivity contribution in [2.45, 2.75) is 84.3 Å². The standard InChI is InChI=1S/C24H26F2NO5PS2.C8H16O.C7H9N3O.C5H11N/c1-16(2)13-22(28)34-12-11-31-33(30,32-19-7-5-4-6-8-19)24(25,26)18-9-10-20-17(14-18)15-21(35-20)23(29)27-3;1-3-8(2)6-4-5-7-9;11-6-9-3-7(4-9)10-2-1-8-5-10;1-6-4-2-3-5-6/h4-10,14-16H,11-13H2,1-3H3,(H,27,29);7-8H,3-6H2,1-2H3;1-2,5-7H,3-4H2;2-5H2,1H3/t;8-;;/m.0../s1. The van der Waals surface area contributed by atoms with Crippen LogP contribution in [0.3, 0.4) is 0 Å². The highest BCUT2D eigenvalue weighted by Gasteiger charge is 2.56. The van der Waals surface area contributed by atoms with E-state index in [2.05, 4.69) is 36.1 Å². The molecular weight excluding hydrogens is 844 g/mol. The van der Waals surface area contributed by atoms with Gasteiger partial charge in [0.2, 0.25) is 6.41 Å². The van der Waals surface area contributed by atoms with E-state index in [4.69, 9.17) is 9.05 Å². The number of fused-ring (bicyclic) bond motifs is 1. The van der Waals surface area contributed by atoms with E-state index in [1.807, 2.05) is 24.6 Å². The number of thioether (sulfide) groups is 1. The molecule has 12 nitrogen and oxygen atoms in total. The molecule has 0 saturated carbocycles. The smallest absolute Gasteiger partial charge is 0.420 e. The van der Waals surface area contributed by atoms with Crippen molar-refractivity contribution >= 4 is 64.5 Å². The van der Waals surface area contributed by atoms with Gasteiger partial charge in [-0.05, 0) is 87.0 Å². The molecule has 2 aliphatic heterocycles. The molecule has 2 aliphatic rings. The van der Waals surface area contributed by atoms with Crippen molar-refractivity contribution in [1.29, 1.82) is 0 Å². The maximum absolute atomic E-state index is 15.7. The summed E-state index contributed by atoms with van der Waals surface area (Å²) >= 11 is 2.11. The number of unbranched alkanes of at least 4 members (excludes halogenated alkanes) is 1. The summed E-state index contributed by atoms with van der Waals surface area (Å²) in [5, 5.41) is 2.81. The Morgan fingerprint density at radius 2 is 1.79 bits per heavy atom. The zero-order chi connectivity index (χ0) is 44.8. The Morgan fingerprint density at radius 1 is 1.08 bits per heavy atom. The molecule has 2 fully saturated rings. The Kier molecular flexibility index (Phi) is 22.3. The van der Waals surface area contributed by atoms with Crippen LogP contribution in [0, 0.1) is 11.8 Å². The van der Waals surface area contributed by atoms with Crippen LogP contribution in [0.1, 0.15) is 93.9 Å². The highest BCUT2D eigenvalue weighted by molar-refractivity contribution is 8.13. The summed E-state index contributed by atoms with van der Waals surface area (Å²) < 4.78 is 58.2. The van der Waals surface area contributed by atoms with Gasteiger partial charge in [0, 0.05) is 61.4 Å². The van der Waals surface area contributed by atoms with Crippen LogP contribution in [0.25, 0.3) is 10.1 Å². The van der Waals surface area contributed by atoms with Crippen LogP contribution in [0.5, 0.6) is 5.75 Å². The fraction of sp³-hybridized carbons (Fsp3) is 0.523. The number of aldehydes is 1. The molecule has 2 atom stereocenters. The number of aromatic nitrogens is 2. The third-order valence-corrected chi connectivity index (χ3v) is 13.7. The number of imidazole rings is 1. The number of carbonyl (C=O) groups is 4. The molecule has 4 heterocycles. The van der Waals surface area contributed by atoms with Crippen molar-refractivity contribution in [3.05, 3.63) is 83.8 Å². The van der Waals surface area contributed by atoms with Gasteiger partial charge in [-0.3, -0.25) is 18.9 Å². The molecular formula is C44H62F2N5O7PS2. The normalized spacial score (nSPS) is 15.5. The minimum atomic E-state index is -5.08. The molecule has 2 saturated heterocycles. The van der Waals surface area contributed by atoms with E-state index < -0.39 is 18.8 Å². The Balaban J connectivity index is 0.000000303. The van der Waals surface area contributed by atoms with Crippen LogP contribution < -0.4 is 9.84 Å². The molecule has 6 rings (SSSR count). The number of halogens is 2. The lowest BCUT2D eigenvalue weighted by atomic mass is 10.0. The number of amides is 2. The number of nitrogens with zero attached hydrogens (tertiary/aromatic N) is 4. The fourth-order valence-electron chi connectivity index (χ4n) is 5.99. The largest absolute Gasteiger partial charge is 0.453 e. The van der Waals surface area contributed by atoms with Crippen LogP contribution in [-0.2, 0) is 29.1 Å². The van der Waals surface area contributed by atoms with E-state index in [0.29, 0.717) is 27.4 Å². The molecule has 336 valence electrons. The molecule has 2 aromatic carbocycles. The average Bonchev–Trinajstić information content (AvgIpc) is 4.03. The monoisotopic (exact) mass is 905 g/mol. The van der Waals surface area contributed by atoms with Gasteiger partial charge in [-0.15, -0.1) is 11.3 Å². The number of hydrogen-bond donors (Lipinski definition) is 1. The van der Waals surface area contributed by atoms with Gasteiger partial charge >= 0.3 is 13.3 Å². The van der Waals surface area contributed by atoms with Gasteiger partial charge in [0.15, 0.2) is 5.12 Å². The lowest BCUT2D eigenvalue weighted by molar-refractivity contribution is -0.123. The van der Waals surface area contributed by atoms with E-state index >= 15 is 8.78 Å². The third kappa shape index (κ3) is 17.0. The first kappa shape index (κ1) is 51.4. The Hall–Kier alpha value is -3.95. The Labute approximate surface area is 367 Å². The van der Waals surface area contributed by atoms with Crippen LogP contribution >= 0.6 is 30.7 Å². The molecule has 2 aromatic heterocycles. The lowest BCUT2D eigenvalue weighted by Gasteiger charge is -2.36. The van der Waals surface area contributed by atoms with Crippen molar-refractivity contribution in [2.75, 3.05) is 52.6 Å². The van der Waals surface area contributed by atoms with Gasteiger partial charge in [0.05, 0.1) is 23.9 Å². The predicted octanol–water partition coefficient (Wildman–Crippen LogP) is 9.91. The van der Waals surface area contributed by atoms with Gasteiger partial charge in [-0.25, -0.2) is 9.55 Å². The molecule has 4 aromatic rings. The molecule has 0 bridgehead atoms. The molecule has 1 N–H and O–H groups in total. The quantitative estimate of drug-likeness (QED) is 0.0583. The first-order chi connectivity index (χ1) is 29.2. The molecule has 61 heavy (non-hydrogen) atoms. The zero-order valence-corrected chi connectivity index (χ0v) is 38.7. The highest BCUT2D eigenvalue weighted by Crippen LogP contribution is 2.66. The Morgan fingerprint density at radius 3 is 2.34 bits per heavy atom. The topological polar surface area (TPSA) is 140 Å². The van der Waals surface area contributed by atoms with Crippen LogP contribution in [0.15, 0.2) is 73.3 Å². The lowest BCUT2D eigenvalue weighted by Crippen LogP contribution is -2.46. The minimum Gasteiger partial charge on any atom is -0.420 e. The van der Waals surface area contributed by atoms with Crippen molar-refractivity contribution in [1.82, 2.24) is 24.7 Å². The molecule has 0 spiro atoms. The molecule has 17 heteroatoms. The summed E-state index contributed by atoms with van der Waals surface area (Å²) in [6.07, 6.45) is 14.8. The third-order valence-electron chi connectivity index (χ3n) is 9.84. The number of carbonyl (C=O) groups excluding carboxylic acids is 4. The van der Waals surface area contributed by atoms with E-state index in [0.717, 1.165) is 73.7 Å². The van der Waals surface area contributed by atoms with Gasteiger partial charge in [-0.2, -0.15) is 8.78 Å². The van der Waals surface area contributed by atoms with E-state index in [1.54, 1.807) is 35.6 Å². The average molecular weight is 906 g/mol. The molecule has 2 amide bonds. The number of likely N-dealkylation sites (tertiary alicyclic amines) is 2. The summed E-state index contributed by atoms with van der Waals surface area (Å²) in [5.74, 6) is 0.666.